The van der Waals surface area contributed by atoms with Gasteiger partial charge in [-0.25, -0.2) is 0 Å². The van der Waals surface area contributed by atoms with E-state index >= 15 is 0 Å². The third-order valence-corrected chi connectivity index (χ3v) is 2.67. The van der Waals surface area contributed by atoms with Crippen molar-refractivity contribution in [3.8, 4) is 0 Å². The van der Waals surface area contributed by atoms with Crippen LogP contribution in [0.5, 0.6) is 0 Å². The molecule has 0 aliphatic carbocycles. The molecule has 0 unspecified atom stereocenters. The van der Waals surface area contributed by atoms with E-state index in [0.717, 1.165) is 0 Å². The number of likely N-dealkylation sites (N-methyl/N-ethyl adjacent to an activating group) is 1. The second-order valence-electron chi connectivity index (χ2n) is 4.13. The van der Waals surface area contributed by atoms with Crippen molar-refractivity contribution in [3.05, 3.63) is 29.8 Å². The summed E-state index contributed by atoms with van der Waals surface area (Å²) < 4.78 is 36.0. The Hall–Kier alpha value is -1.83. The summed E-state index contributed by atoms with van der Waals surface area (Å²) in [5, 5.41) is 1.80. The van der Waals surface area contributed by atoms with Crippen LogP contribution in [0.15, 0.2) is 24.3 Å². The number of hydrogen-bond donors (Lipinski definition) is 2. The van der Waals surface area contributed by atoms with Crippen LogP contribution in [-0.2, 0) is 4.79 Å². The highest BCUT2D eigenvalue weighted by molar-refractivity contribution is 7.80. The van der Waals surface area contributed by atoms with Gasteiger partial charge in [0.2, 0.25) is 5.91 Å². The molecule has 0 atom stereocenters. The summed E-state index contributed by atoms with van der Waals surface area (Å²) in [5.74, 6) is -0.734. The van der Waals surface area contributed by atoms with Crippen molar-refractivity contribution in [3.63, 3.8) is 0 Å². The van der Waals surface area contributed by atoms with E-state index in [9.17, 15) is 18.0 Å². The molecule has 8 heteroatoms. The number of rotatable bonds is 5. The highest BCUT2D eigenvalue weighted by Gasteiger charge is 2.27. The van der Waals surface area contributed by atoms with Gasteiger partial charge in [0.05, 0.1) is 6.54 Å². The highest BCUT2D eigenvalue weighted by Crippen LogP contribution is 2.18. The number of alkyl halides is 3. The lowest BCUT2D eigenvalue weighted by Gasteiger charge is -2.21. The minimum absolute atomic E-state index is 0.156. The Morgan fingerprint density at radius 3 is 2.55 bits per heavy atom. The monoisotopic (exact) mass is 305 g/mol. The lowest BCUT2D eigenvalue weighted by atomic mass is 10.1. The summed E-state index contributed by atoms with van der Waals surface area (Å²) in [5.41, 5.74) is 6.70. The second kappa shape index (κ2) is 6.56. The van der Waals surface area contributed by atoms with Crippen LogP contribution in [0, 0.1) is 0 Å². The maximum atomic E-state index is 12.0. The molecule has 0 bridgehead atoms. The van der Waals surface area contributed by atoms with Crippen molar-refractivity contribution in [2.24, 2.45) is 5.73 Å². The van der Waals surface area contributed by atoms with Gasteiger partial charge in [0, 0.05) is 18.3 Å². The Kier molecular flexibility index (Phi) is 5.32. The molecule has 0 aliphatic heterocycles. The van der Waals surface area contributed by atoms with Crippen LogP contribution in [0.4, 0.5) is 18.9 Å². The van der Waals surface area contributed by atoms with Gasteiger partial charge in [-0.3, -0.25) is 4.79 Å². The average molecular weight is 305 g/mol. The Morgan fingerprint density at radius 1 is 1.40 bits per heavy atom. The van der Waals surface area contributed by atoms with Crippen LogP contribution in [0.3, 0.4) is 0 Å². The molecule has 0 spiro atoms. The van der Waals surface area contributed by atoms with Crippen molar-refractivity contribution in [1.29, 1.82) is 0 Å². The largest absolute Gasteiger partial charge is 0.405 e. The van der Waals surface area contributed by atoms with Gasteiger partial charge in [-0.05, 0) is 12.1 Å². The Bertz CT molecular complexity index is 505. The summed E-state index contributed by atoms with van der Waals surface area (Å²) in [7, 11) is 1.57. The summed E-state index contributed by atoms with van der Waals surface area (Å²) in [4.78, 5) is 13.1. The summed E-state index contributed by atoms with van der Waals surface area (Å²) in [6.07, 6.45) is -4.43. The molecule has 110 valence electrons. The van der Waals surface area contributed by atoms with Crippen molar-refractivity contribution in [2.45, 2.75) is 6.18 Å². The fourth-order valence-electron chi connectivity index (χ4n) is 1.57. The van der Waals surface area contributed by atoms with Crippen LogP contribution in [-0.4, -0.2) is 37.2 Å². The summed E-state index contributed by atoms with van der Waals surface area (Å²) in [6, 6.07) is 6.82. The van der Waals surface area contributed by atoms with Gasteiger partial charge in [-0.15, -0.1) is 0 Å². The minimum Gasteiger partial charge on any atom is -0.389 e. The van der Waals surface area contributed by atoms with Gasteiger partial charge in [0.25, 0.3) is 0 Å². The quantitative estimate of drug-likeness (QED) is 0.808. The Labute approximate surface area is 119 Å². The first-order chi connectivity index (χ1) is 9.20. The van der Waals surface area contributed by atoms with Crippen molar-refractivity contribution in [1.82, 2.24) is 5.32 Å². The number of nitrogens with one attached hydrogen (secondary N) is 1. The molecule has 0 heterocycles. The average Bonchev–Trinajstić information content (AvgIpc) is 2.35. The molecule has 0 radical (unpaired) electrons. The van der Waals surface area contributed by atoms with Gasteiger partial charge in [-0.2, -0.15) is 13.2 Å². The molecule has 4 nitrogen and oxygen atoms in total. The van der Waals surface area contributed by atoms with Crippen molar-refractivity contribution >= 4 is 28.8 Å². The van der Waals surface area contributed by atoms with Gasteiger partial charge in [0.1, 0.15) is 11.5 Å². The number of amides is 1. The van der Waals surface area contributed by atoms with E-state index in [4.69, 9.17) is 18.0 Å². The van der Waals surface area contributed by atoms with Gasteiger partial charge >= 0.3 is 6.18 Å². The third kappa shape index (κ3) is 5.04. The van der Waals surface area contributed by atoms with E-state index < -0.39 is 18.6 Å². The number of carbonyl (C=O) groups excluding carboxylic acids is 1. The van der Waals surface area contributed by atoms with E-state index in [1.165, 1.54) is 4.90 Å². The highest BCUT2D eigenvalue weighted by atomic mass is 32.1. The minimum atomic E-state index is -4.43. The summed E-state index contributed by atoms with van der Waals surface area (Å²) >= 11 is 4.88. The predicted molar refractivity (Wildman–Crippen MR) is 74.7 cm³/mol. The van der Waals surface area contributed by atoms with E-state index in [2.05, 4.69) is 0 Å². The standard InChI is InChI=1S/C12H14F3N3OS/c1-18(6-10(19)17-7-12(13,14)15)9-5-3-2-4-8(9)11(16)20/h2-5H,6-7H2,1H3,(H2,16,20)(H,17,19). The Balaban J connectivity index is 2.70. The number of nitrogens with zero attached hydrogens (tertiary/aromatic N) is 1. The second-order valence-corrected chi connectivity index (χ2v) is 4.57. The van der Waals surface area contributed by atoms with Gasteiger partial charge in [0.15, 0.2) is 0 Å². The van der Waals surface area contributed by atoms with Gasteiger partial charge < -0.3 is 16.0 Å². The van der Waals surface area contributed by atoms with Crippen LogP contribution in [0.25, 0.3) is 0 Å². The molecule has 3 N–H and O–H groups in total. The number of nitrogens with two attached hydrogens (primary N) is 1. The zero-order valence-electron chi connectivity index (χ0n) is 10.7. The van der Waals surface area contributed by atoms with Crippen molar-refractivity contribution in [2.75, 3.05) is 25.0 Å². The fourth-order valence-corrected chi connectivity index (χ4v) is 1.74. The van der Waals surface area contributed by atoms with E-state index in [-0.39, 0.29) is 11.5 Å². The first-order valence-corrected chi connectivity index (χ1v) is 6.05. The number of anilines is 1. The van der Waals surface area contributed by atoms with Crippen LogP contribution in [0.2, 0.25) is 0 Å². The Morgan fingerprint density at radius 2 is 2.00 bits per heavy atom. The third-order valence-electron chi connectivity index (χ3n) is 2.45. The van der Waals surface area contributed by atoms with Crippen molar-refractivity contribution < 1.29 is 18.0 Å². The van der Waals surface area contributed by atoms with Crippen LogP contribution < -0.4 is 16.0 Å². The molecule has 1 aromatic rings. The zero-order chi connectivity index (χ0) is 15.3. The molecule has 0 saturated carbocycles. The number of para-hydroxylation sites is 1. The maximum Gasteiger partial charge on any atom is 0.405 e. The maximum absolute atomic E-state index is 12.0. The van der Waals surface area contributed by atoms with Gasteiger partial charge in [-0.1, -0.05) is 24.4 Å². The molecular formula is C12H14F3N3OS. The smallest absolute Gasteiger partial charge is 0.389 e. The molecule has 0 fully saturated rings. The number of carbonyl (C=O) groups is 1. The number of hydrogen-bond acceptors (Lipinski definition) is 3. The molecule has 1 rings (SSSR count). The summed E-state index contributed by atoms with van der Waals surface area (Å²) in [6.45, 7) is -1.58. The first-order valence-electron chi connectivity index (χ1n) is 5.64. The number of halogens is 3. The number of thiocarbonyl (C=S) groups is 1. The van der Waals surface area contributed by atoms with E-state index in [1.54, 1.807) is 36.6 Å². The SMILES string of the molecule is CN(CC(=O)NCC(F)(F)F)c1ccccc1C(N)=S. The lowest BCUT2D eigenvalue weighted by molar-refractivity contribution is -0.137. The molecule has 1 aromatic carbocycles. The molecule has 0 aromatic heterocycles. The zero-order valence-corrected chi connectivity index (χ0v) is 11.5. The molecule has 20 heavy (non-hydrogen) atoms. The molecule has 0 aliphatic rings. The van der Waals surface area contributed by atoms with Crippen LogP contribution >= 0.6 is 12.2 Å². The topological polar surface area (TPSA) is 58.4 Å². The predicted octanol–water partition coefficient (Wildman–Crippen LogP) is 1.44. The lowest BCUT2D eigenvalue weighted by Crippen LogP contribution is -2.40. The first kappa shape index (κ1) is 16.2. The normalized spacial score (nSPS) is 11.0. The number of benzene rings is 1. The van der Waals surface area contributed by atoms with E-state index in [1.807, 2.05) is 0 Å². The fraction of sp³-hybridized carbons (Fsp3) is 0.333. The molecule has 1 amide bonds. The van der Waals surface area contributed by atoms with E-state index in [0.29, 0.717) is 11.3 Å². The molecular weight excluding hydrogens is 291 g/mol. The molecule has 0 saturated heterocycles. The van der Waals surface area contributed by atoms with Crippen LogP contribution in [0.1, 0.15) is 5.56 Å².